The third-order valence-corrected chi connectivity index (χ3v) is 4.26. The number of hydrogen-bond acceptors (Lipinski definition) is 4. The molecule has 0 saturated carbocycles. The highest BCUT2D eigenvalue weighted by Crippen LogP contribution is 2.12. The molecule has 1 N–H and O–H groups in total. The van der Waals surface area contributed by atoms with Gasteiger partial charge >= 0.3 is 6.03 Å². The fourth-order valence-electron chi connectivity index (χ4n) is 3.03. The Kier molecular flexibility index (Phi) is 5.19. The first kappa shape index (κ1) is 17.2. The lowest BCUT2D eigenvalue weighted by Crippen LogP contribution is -2.49. The Morgan fingerprint density at radius 1 is 1.24 bits per heavy atom. The fraction of sp³-hybridized carbons (Fsp3) is 0.368. The van der Waals surface area contributed by atoms with Crippen molar-refractivity contribution < 1.29 is 4.79 Å². The molecule has 0 radical (unpaired) electrons. The molecule has 6 nitrogen and oxygen atoms in total. The Balaban J connectivity index is 1.54. The molecule has 0 unspecified atom stereocenters. The molecule has 1 aliphatic heterocycles. The lowest BCUT2D eigenvalue weighted by atomic mass is 10.1. The number of carbonyl (C=O) groups is 1. The number of aryl methyl sites for hydroxylation is 1. The van der Waals surface area contributed by atoms with Gasteiger partial charge in [0.15, 0.2) is 5.82 Å². The smallest absolute Gasteiger partial charge is 0.343 e. The van der Waals surface area contributed by atoms with Crippen molar-refractivity contribution in [3.63, 3.8) is 0 Å². The summed E-state index contributed by atoms with van der Waals surface area (Å²) in [5.74, 6) is 0.638. The van der Waals surface area contributed by atoms with Gasteiger partial charge in [-0.3, -0.25) is 4.90 Å². The summed E-state index contributed by atoms with van der Waals surface area (Å²) in [6.45, 7) is 11.9. The van der Waals surface area contributed by atoms with E-state index in [1.54, 1.807) is 12.3 Å². The van der Waals surface area contributed by atoms with E-state index in [0.717, 1.165) is 25.3 Å². The summed E-state index contributed by atoms with van der Waals surface area (Å²) in [6, 6.07) is 10.3. The molecular weight excluding hydrogens is 314 g/mol. The maximum absolute atomic E-state index is 12.6. The number of rotatable bonds is 4. The van der Waals surface area contributed by atoms with E-state index in [4.69, 9.17) is 0 Å². The average Bonchev–Trinajstić information content (AvgIpc) is 3.02. The second-order valence-corrected chi connectivity index (χ2v) is 6.59. The normalized spacial score (nSPS) is 15.2. The number of nitrogens with zero attached hydrogens (tertiary/aromatic N) is 4. The van der Waals surface area contributed by atoms with E-state index in [-0.39, 0.29) is 6.03 Å². The van der Waals surface area contributed by atoms with E-state index in [2.05, 4.69) is 53.1 Å². The van der Waals surface area contributed by atoms with Crippen LogP contribution in [0.15, 0.2) is 48.8 Å². The van der Waals surface area contributed by atoms with Crippen LogP contribution in [-0.4, -0.2) is 51.8 Å². The molecule has 0 bridgehead atoms. The SMILES string of the molecule is C=C(C)Nc1ccn(C(=O)N2CCN(Cc3cccc(C)c3)CC2)n1. The number of anilines is 1. The third-order valence-electron chi connectivity index (χ3n) is 4.26. The minimum Gasteiger partial charge on any atom is -0.343 e. The van der Waals surface area contributed by atoms with Crippen molar-refractivity contribution in [1.29, 1.82) is 0 Å². The zero-order chi connectivity index (χ0) is 17.8. The van der Waals surface area contributed by atoms with Gasteiger partial charge in [0, 0.05) is 50.7 Å². The van der Waals surface area contributed by atoms with E-state index in [1.807, 2.05) is 11.8 Å². The van der Waals surface area contributed by atoms with E-state index in [9.17, 15) is 4.79 Å². The number of carbonyl (C=O) groups excluding carboxylic acids is 1. The van der Waals surface area contributed by atoms with Crippen molar-refractivity contribution in [2.24, 2.45) is 0 Å². The number of benzene rings is 1. The lowest BCUT2D eigenvalue weighted by Gasteiger charge is -2.34. The van der Waals surface area contributed by atoms with Gasteiger partial charge in [0.1, 0.15) is 0 Å². The molecule has 0 atom stereocenters. The van der Waals surface area contributed by atoms with Crippen molar-refractivity contribution in [1.82, 2.24) is 19.6 Å². The Morgan fingerprint density at radius 2 is 2.00 bits per heavy atom. The van der Waals surface area contributed by atoms with Crippen molar-refractivity contribution in [2.75, 3.05) is 31.5 Å². The van der Waals surface area contributed by atoms with E-state index >= 15 is 0 Å². The number of allylic oxidation sites excluding steroid dienone is 1. The molecule has 0 aliphatic carbocycles. The van der Waals surface area contributed by atoms with Crippen LogP contribution in [0, 0.1) is 6.92 Å². The van der Waals surface area contributed by atoms with Crippen LogP contribution in [-0.2, 0) is 6.54 Å². The Hall–Kier alpha value is -2.60. The number of aromatic nitrogens is 2. The summed E-state index contributed by atoms with van der Waals surface area (Å²) >= 11 is 0. The molecule has 132 valence electrons. The van der Waals surface area contributed by atoms with Crippen LogP contribution in [0.5, 0.6) is 0 Å². The summed E-state index contributed by atoms with van der Waals surface area (Å²) in [6.07, 6.45) is 1.69. The topological polar surface area (TPSA) is 53.4 Å². The summed E-state index contributed by atoms with van der Waals surface area (Å²) in [4.78, 5) is 16.8. The maximum Gasteiger partial charge on any atom is 0.344 e. The fourth-order valence-corrected chi connectivity index (χ4v) is 3.03. The van der Waals surface area contributed by atoms with Gasteiger partial charge in [-0.05, 0) is 19.4 Å². The molecule has 1 saturated heterocycles. The number of amides is 1. The standard InChI is InChI=1S/C19H25N5O/c1-15(2)20-18-7-8-24(21-18)19(25)23-11-9-22(10-12-23)14-17-6-4-5-16(3)13-17/h4-8,13H,1,9-12,14H2,2-3H3,(H,20,21). The summed E-state index contributed by atoms with van der Waals surface area (Å²) in [5.41, 5.74) is 3.40. The number of hydrogen-bond donors (Lipinski definition) is 1. The first-order valence-corrected chi connectivity index (χ1v) is 8.56. The van der Waals surface area contributed by atoms with Crippen molar-refractivity contribution >= 4 is 11.8 Å². The van der Waals surface area contributed by atoms with Gasteiger partial charge in [-0.1, -0.05) is 36.4 Å². The van der Waals surface area contributed by atoms with Crippen LogP contribution >= 0.6 is 0 Å². The van der Waals surface area contributed by atoms with Crippen LogP contribution in [0.25, 0.3) is 0 Å². The quantitative estimate of drug-likeness (QED) is 0.930. The molecule has 1 aliphatic rings. The van der Waals surface area contributed by atoms with Gasteiger partial charge in [-0.25, -0.2) is 4.79 Å². The Morgan fingerprint density at radius 3 is 2.68 bits per heavy atom. The molecule has 2 aromatic rings. The van der Waals surface area contributed by atoms with Gasteiger partial charge in [-0.2, -0.15) is 4.68 Å². The van der Waals surface area contributed by atoms with Gasteiger partial charge in [0.05, 0.1) is 0 Å². The molecule has 1 aromatic carbocycles. The molecule has 2 heterocycles. The summed E-state index contributed by atoms with van der Waals surface area (Å²) < 4.78 is 1.39. The third kappa shape index (κ3) is 4.48. The van der Waals surface area contributed by atoms with E-state index in [0.29, 0.717) is 18.9 Å². The van der Waals surface area contributed by atoms with E-state index in [1.165, 1.54) is 15.8 Å². The van der Waals surface area contributed by atoms with Crippen LogP contribution in [0.4, 0.5) is 10.6 Å². The zero-order valence-electron chi connectivity index (χ0n) is 14.9. The summed E-state index contributed by atoms with van der Waals surface area (Å²) in [7, 11) is 0. The average molecular weight is 339 g/mol. The molecule has 1 amide bonds. The molecule has 1 aromatic heterocycles. The van der Waals surface area contributed by atoms with Gasteiger partial charge in [0.2, 0.25) is 0 Å². The molecular formula is C19H25N5O. The minimum atomic E-state index is -0.0787. The first-order valence-electron chi connectivity index (χ1n) is 8.56. The number of piperazine rings is 1. The molecule has 25 heavy (non-hydrogen) atoms. The van der Waals surface area contributed by atoms with Crippen LogP contribution < -0.4 is 5.32 Å². The zero-order valence-corrected chi connectivity index (χ0v) is 14.9. The van der Waals surface area contributed by atoms with Crippen molar-refractivity contribution in [3.05, 3.63) is 59.9 Å². The second-order valence-electron chi connectivity index (χ2n) is 6.59. The predicted molar refractivity (Wildman–Crippen MR) is 99.5 cm³/mol. The molecule has 1 fully saturated rings. The largest absolute Gasteiger partial charge is 0.344 e. The van der Waals surface area contributed by atoms with E-state index < -0.39 is 0 Å². The minimum absolute atomic E-state index is 0.0787. The van der Waals surface area contributed by atoms with Gasteiger partial charge in [0.25, 0.3) is 0 Å². The van der Waals surface area contributed by atoms with Crippen molar-refractivity contribution in [3.8, 4) is 0 Å². The first-order chi connectivity index (χ1) is 12.0. The Labute approximate surface area is 148 Å². The molecule has 0 spiro atoms. The number of nitrogens with one attached hydrogen (secondary N) is 1. The van der Waals surface area contributed by atoms with Gasteiger partial charge in [-0.15, -0.1) is 5.10 Å². The summed E-state index contributed by atoms with van der Waals surface area (Å²) in [5, 5.41) is 7.28. The van der Waals surface area contributed by atoms with Crippen LogP contribution in [0.1, 0.15) is 18.1 Å². The van der Waals surface area contributed by atoms with Crippen molar-refractivity contribution in [2.45, 2.75) is 20.4 Å². The highest BCUT2D eigenvalue weighted by atomic mass is 16.2. The van der Waals surface area contributed by atoms with Crippen LogP contribution in [0.3, 0.4) is 0 Å². The lowest BCUT2D eigenvalue weighted by molar-refractivity contribution is 0.134. The molecule has 6 heteroatoms. The second kappa shape index (κ2) is 7.53. The Bertz CT molecular complexity index is 759. The van der Waals surface area contributed by atoms with Crippen LogP contribution in [0.2, 0.25) is 0 Å². The monoisotopic (exact) mass is 339 g/mol. The highest BCUT2D eigenvalue weighted by molar-refractivity contribution is 5.76. The van der Waals surface area contributed by atoms with Gasteiger partial charge < -0.3 is 10.2 Å². The maximum atomic E-state index is 12.6. The highest BCUT2D eigenvalue weighted by Gasteiger charge is 2.22. The molecule has 3 rings (SSSR count). The predicted octanol–water partition coefficient (Wildman–Crippen LogP) is 2.92.